The van der Waals surface area contributed by atoms with Crippen LogP contribution in [0.1, 0.15) is 37.7 Å². The zero-order chi connectivity index (χ0) is 19.8. The first-order valence-corrected chi connectivity index (χ1v) is 10.7. The molecule has 2 heterocycles. The molecule has 0 bridgehead atoms. The summed E-state index contributed by atoms with van der Waals surface area (Å²) in [5.74, 6) is 0.178. The highest BCUT2D eigenvalue weighted by Crippen LogP contribution is 2.28. The number of hydrogen-bond donors (Lipinski definition) is 1. The highest BCUT2D eigenvalue weighted by Gasteiger charge is 2.17. The number of aromatic nitrogens is 2. The Labute approximate surface area is 182 Å². The molecule has 0 saturated heterocycles. The van der Waals surface area contributed by atoms with Gasteiger partial charge in [0, 0.05) is 31.8 Å². The lowest BCUT2D eigenvalue weighted by atomic mass is 10.1. The van der Waals surface area contributed by atoms with E-state index < -0.39 is 0 Å². The van der Waals surface area contributed by atoms with Crippen molar-refractivity contribution in [2.45, 2.75) is 38.6 Å². The van der Waals surface area contributed by atoms with Gasteiger partial charge in [0.15, 0.2) is 0 Å². The molecule has 7 heteroatoms. The average Bonchev–Trinajstić information content (AvgIpc) is 3.38. The number of halogens is 1. The van der Waals surface area contributed by atoms with E-state index in [1.165, 1.54) is 0 Å². The summed E-state index contributed by atoms with van der Waals surface area (Å²) in [4.78, 5) is 15.5. The van der Waals surface area contributed by atoms with Crippen LogP contribution in [-0.4, -0.2) is 34.2 Å². The number of nitrogens with zero attached hydrogens (tertiary/aromatic N) is 3. The second-order valence-corrected chi connectivity index (χ2v) is 7.91. The van der Waals surface area contributed by atoms with Gasteiger partial charge in [-0.1, -0.05) is 37.1 Å². The lowest BCUT2D eigenvalue weighted by molar-refractivity contribution is -0.130. The minimum Gasteiger partial charge on any atom is -0.341 e. The molecule has 0 aliphatic heterocycles. The van der Waals surface area contributed by atoms with Crippen LogP contribution < -0.4 is 5.73 Å². The molecule has 3 rings (SSSR count). The van der Waals surface area contributed by atoms with Gasteiger partial charge in [-0.3, -0.25) is 4.79 Å². The number of thiophene rings is 1. The van der Waals surface area contributed by atoms with Gasteiger partial charge in [0.2, 0.25) is 5.91 Å². The number of hydrogen-bond acceptors (Lipinski definition) is 4. The van der Waals surface area contributed by atoms with Crippen LogP contribution in [-0.2, 0) is 11.3 Å². The Morgan fingerprint density at radius 3 is 2.55 bits per heavy atom. The Hall–Kier alpha value is -2.15. The van der Waals surface area contributed by atoms with E-state index in [1.54, 1.807) is 11.3 Å². The van der Waals surface area contributed by atoms with Crippen molar-refractivity contribution >= 4 is 29.7 Å². The quantitative estimate of drug-likeness (QED) is 0.464. The van der Waals surface area contributed by atoms with Crippen molar-refractivity contribution in [3.63, 3.8) is 0 Å². The smallest absolute Gasteiger partial charge is 0.222 e. The first-order valence-electron chi connectivity index (χ1n) is 9.81. The molecule has 0 unspecified atom stereocenters. The molecule has 5 nitrogen and oxygen atoms in total. The average molecular weight is 433 g/mol. The third kappa shape index (κ3) is 6.42. The van der Waals surface area contributed by atoms with E-state index in [-0.39, 0.29) is 18.3 Å². The Bertz CT molecular complexity index is 864. The maximum atomic E-state index is 12.5. The summed E-state index contributed by atoms with van der Waals surface area (Å²) in [6, 6.07) is 14.2. The number of carbonyl (C=O) groups excluding carboxylic acids is 1. The maximum absolute atomic E-state index is 12.5. The van der Waals surface area contributed by atoms with Gasteiger partial charge in [0.25, 0.3) is 0 Å². The van der Waals surface area contributed by atoms with Crippen LogP contribution in [0.15, 0.2) is 54.0 Å². The van der Waals surface area contributed by atoms with Crippen molar-refractivity contribution in [3.8, 4) is 16.3 Å². The fourth-order valence-electron chi connectivity index (χ4n) is 3.17. The second kappa shape index (κ2) is 11.8. The van der Waals surface area contributed by atoms with E-state index in [9.17, 15) is 4.79 Å². The lowest BCUT2D eigenvalue weighted by Gasteiger charge is -2.17. The largest absolute Gasteiger partial charge is 0.341 e. The molecule has 0 saturated carbocycles. The van der Waals surface area contributed by atoms with Gasteiger partial charge < -0.3 is 10.6 Å². The monoisotopic (exact) mass is 432 g/mol. The zero-order valence-electron chi connectivity index (χ0n) is 16.8. The Morgan fingerprint density at radius 2 is 1.86 bits per heavy atom. The van der Waals surface area contributed by atoms with Crippen LogP contribution in [0, 0.1) is 0 Å². The predicted molar refractivity (Wildman–Crippen MR) is 123 cm³/mol. The minimum atomic E-state index is 0. The van der Waals surface area contributed by atoms with Crippen molar-refractivity contribution in [2.75, 3.05) is 13.6 Å². The van der Waals surface area contributed by atoms with Gasteiger partial charge in [0.1, 0.15) is 5.69 Å². The Kier molecular flexibility index (Phi) is 9.38. The van der Waals surface area contributed by atoms with Gasteiger partial charge in [-0.25, -0.2) is 4.68 Å². The van der Waals surface area contributed by atoms with Gasteiger partial charge in [-0.15, -0.1) is 23.7 Å². The minimum absolute atomic E-state index is 0. The van der Waals surface area contributed by atoms with Crippen molar-refractivity contribution < 1.29 is 4.79 Å². The predicted octanol–water partition coefficient (Wildman–Crippen LogP) is 4.89. The molecule has 2 aromatic heterocycles. The number of benzene rings is 1. The standard InChI is InChI=1S/C22H28N4OS.ClH/c1-25(21(27)13-7-2-3-8-14-23)16-18-17-26(19-10-5-4-6-11-19)24-22(18)20-12-9-15-28-20;/h4-6,9-12,15,17H,2-3,7-8,13-14,16,23H2,1H3;1H. The van der Waals surface area contributed by atoms with E-state index in [0.717, 1.165) is 54.0 Å². The third-order valence-electron chi connectivity index (χ3n) is 4.74. The van der Waals surface area contributed by atoms with E-state index in [0.29, 0.717) is 13.0 Å². The Morgan fingerprint density at radius 1 is 1.10 bits per heavy atom. The molecule has 0 fully saturated rings. The van der Waals surface area contributed by atoms with Crippen molar-refractivity contribution in [2.24, 2.45) is 5.73 Å². The first kappa shape index (κ1) is 23.1. The van der Waals surface area contributed by atoms with Crippen LogP contribution in [0.3, 0.4) is 0 Å². The van der Waals surface area contributed by atoms with Gasteiger partial charge in [-0.2, -0.15) is 5.10 Å². The van der Waals surface area contributed by atoms with Crippen LogP contribution >= 0.6 is 23.7 Å². The number of unbranched alkanes of at least 4 members (excludes halogenated alkanes) is 3. The fraction of sp³-hybridized carbons (Fsp3) is 0.364. The number of nitrogens with two attached hydrogens (primary N) is 1. The molecule has 0 atom stereocenters. The lowest BCUT2D eigenvalue weighted by Crippen LogP contribution is -2.25. The summed E-state index contributed by atoms with van der Waals surface area (Å²) in [5, 5.41) is 6.86. The highest BCUT2D eigenvalue weighted by molar-refractivity contribution is 7.13. The molecule has 29 heavy (non-hydrogen) atoms. The summed E-state index contributed by atoms with van der Waals surface area (Å²) in [6.45, 7) is 1.28. The summed E-state index contributed by atoms with van der Waals surface area (Å²) in [6.07, 6.45) is 6.73. The van der Waals surface area contributed by atoms with Gasteiger partial charge in [-0.05, 0) is 43.0 Å². The molecular weight excluding hydrogens is 404 g/mol. The summed E-state index contributed by atoms with van der Waals surface area (Å²) in [5.41, 5.74) is 8.54. The Balaban J connectivity index is 0.00000300. The highest BCUT2D eigenvalue weighted by atomic mass is 35.5. The number of rotatable bonds is 10. The molecule has 3 aromatic rings. The van der Waals surface area contributed by atoms with Crippen LogP contribution in [0.4, 0.5) is 0 Å². The summed E-state index contributed by atoms with van der Waals surface area (Å²) in [7, 11) is 1.88. The number of para-hydroxylation sites is 1. The molecule has 1 amide bonds. The molecule has 0 spiro atoms. The first-order chi connectivity index (χ1) is 13.7. The molecule has 1 aromatic carbocycles. The topological polar surface area (TPSA) is 64.2 Å². The zero-order valence-corrected chi connectivity index (χ0v) is 18.4. The van der Waals surface area contributed by atoms with E-state index in [1.807, 2.05) is 59.2 Å². The normalized spacial score (nSPS) is 10.6. The summed E-state index contributed by atoms with van der Waals surface area (Å²) < 4.78 is 1.90. The molecule has 0 aliphatic rings. The van der Waals surface area contributed by atoms with E-state index in [4.69, 9.17) is 10.8 Å². The van der Waals surface area contributed by atoms with Gasteiger partial charge in [0.05, 0.1) is 10.6 Å². The van der Waals surface area contributed by atoms with E-state index >= 15 is 0 Å². The molecule has 2 N–H and O–H groups in total. The fourth-order valence-corrected chi connectivity index (χ4v) is 3.91. The molecule has 0 aliphatic carbocycles. The van der Waals surface area contributed by atoms with Crippen molar-refractivity contribution in [1.82, 2.24) is 14.7 Å². The number of amides is 1. The maximum Gasteiger partial charge on any atom is 0.222 e. The van der Waals surface area contributed by atoms with Crippen molar-refractivity contribution in [3.05, 3.63) is 59.6 Å². The third-order valence-corrected chi connectivity index (χ3v) is 5.62. The van der Waals surface area contributed by atoms with Gasteiger partial charge >= 0.3 is 0 Å². The van der Waals surface area contributed by atoms with Crippen LogP contribution in [0.5, 0.6) is 0 Å². The molecule has 156 valence electrons. The molecular formula is C22H29ClN4OS. The number of carbonyl (C=O) groups is 1. The molecule has 0 radical (unpaired) electrons. The van der Waals surface area contributed by atoms with E-state index in [2.05, 4.69) is 11.4 Å². The summed E-state index contributed by atoms with van der Waals surface area (Å²) >= 11 is 1.67. The van der Waals surface area contributed by atoms with Crippen LogP contribution in [0.2, 0.25) is 0 Å². The SMILES string of the molecule is CN(Cc1cn(-c2ccccc2)nc1-c1cccs1)C(=O)CCCCCCN.Cl. The second-order valence-electron chi connectivity index (χ2n) is 6.96. The van der Waals surface area contributed by atoms with Crippen molar-refractivity contribution in [1.29, 1.82) is 0 Å². The van der Waals surface area contributed by atoms with Crippen LogP contribution in [0.25, 0.3) is 16.3 Å².